The molecule has 0 aliphatic carbocycles. The molecule has 230 valence electrons. The number of carbonyl (C=O) groups is 3. The van der Waals surface area contributed by atoms with Crippen molar-refractivity contribution in [3.05, 3.63) is 61.2 Å². The van der Waals surface area contributed by atoms with Crippen molar-refractivity contribution in [2.45, 2.75) is 88.2 Å². The third kappa shape index (κ3) is 5.48. The zero-order chi connectivity index (χ0) is 31.0. The SMILES string of the molecule is C=CCN(Cc1ccccc1)C(=O)[C@H]1[C@@H]2OC3(CC2Br)C(C(=O)N(CC=C)C(C)(C)C)N([C@@H](CO)[C@@H](C)CC)C(=O)[C@H]13. The van der Waals surface area contributed by atoms with Gasteiger partial charge in [-0.25, -0.2) is 0 Å². The monoisotopic (exact) mass is 643 g/mol. The van der Waals surface area contributed by atoms with E-state index in [0.717, 1.165) is 5.56 Å². The van der Waals surface area contributed by atoms with Crippen LogP contribution in [0.25, 0.3) is 0 Å². The number of rotatable bonds is 12. The van der Waals surface area contributed by atoms with Crippen molar-refractivity contribution in [1.82, 2.24) is 14.7 Å². The van der Waals surface area contributed by atoms with Crippen molar-refractivity contribution in [2.75, 3.05) is 19.7 Å². The van der Waals surface area contributed by atoms with Crippen LogP contribution in [0.3, 0.4) is 0 Å². The van der Waals surface area contributed by atoms with Gasteiger partial charge in [-0.3, -0.25) is 14.4 Å². The molecule has 0 radical (unpaired) electrons. The summed E-state index contributed by atoms with van der Waals surface area (Å²) >= 11 is 3.77. The summed E-state index contributed by atoms with van der Waals surface area (Å²) in [5.41, 5.74) is -0.793. The van der Waals surface area contributed by atoms with Crippen LogP contribution in [0.2, 0.25) is 0 Å². The molecule has 3 amide bonds. The van der Waals surface area contributed by atoms with Crippen LogP contribution in [0, 0.1) is 17.8 Å². The molecule has 0 saturated carbocycles. The zero-order valence-corrected chi connectivity index (χ0v) is 27.1. The first-order valence-electron chi connectivity index (χ1n) is 15.0. The van der Waals surface area contributed by atoms with Gasteiger partial charge in [0.1, 0.15) is 11.6 Å². The maximum absolute atomic E-state index is 14.7. The van der Waals surface area contributed by atoms with Gasteiger partial charge in [-0.05, 0) is 38.7 Å². The van der Waals surface area contributed by atoms with Crippen LogP contribution in [0.15, 0.2) is 55.6 Å². The van der Waals surface area contributed by atoms with Gasteiger partial charge in [0.15, 0.2) is 0 Å². The van der Waals surface area contributed by atoms with E-state index < -0.39 is 41.2 Å². The summed E-state index contributed by atoms with van der Waals surface area (Å²) in [6.07, 6.45) is 3.93. The van der Waals surface area contributed by atoms with E-state index in [-0.39, 0.29) is 35.1 Å². The molecule has 4 rings (SSSR count). The molecule has 3 aliphatic rings. The van der Waals surface area contributed by atoms with Crippen LogP contribution in [-0.2, 0) is 25.7 Å². The molecule has 1 aromatic carbocycles. The fourth-order valence-corrected chi connectivity index (χ4v) is 8.12. The third-order valence-electron chi connectivity index (χ3n) is 9.36. The van der Waals surface area contributed by atoms with Crippen LogP contribution < -0.4 is 0 Å². The number of aliphatic hydroxyl groups excluding tert-OH is 1. The Morgan fingerprint density at radius 2 is 1.83 bits per heavy atom. The number of amides is 3. The zero-order valence-electron chi connectivity index (χ0n) is 25.5. The third-order valence-corrected chi connectivity index (χ3v) is 10.2. The van der Waals surface area contributed by atoms with Crippen LogP contribution in [0.4, 0.5) is 0 Å². The summed E-state index contributed by atoms with van der Waals surface area (Å²) in [7, 11) is 0. The van der Waals surface area contributed by atoms with Crippen LogP contribution in [0.1, 0.15) is 53.0 Å². The lowest BCUT2D eigenvalue weighted by molar-refractivity contribution is -0.156. The Balaban J connectivity index is 1.83. The Labute approximate surface area is 258 Å². The van der Waals surface area contributed by atoms with E-state index in [1.165, 1.54) is 0 Å². The van der Waals surface area contributed by atoms with E-state index in [9.17, 15) is 19.5 Å². The first-order valence-corrected chi connectivity index (χ1v) is 15.9. The smallest absolute Gasteiger partial charge is 0.249 e. The fraction of sp³-hybridized carbons (Fsp3) is 0.606. The highest BCUT2D eigenvalue weighted by atomic mass is 79.9. The van der Waals surface area contributed by atoms with E-state index in [2.05, 4.69) is 29.1 Å². The molecule has 3 aliphatic heterocycles. The minimum Gasteiger partial charge on any atom is -0.394 e. The highest BCUT2D eigenvalue weighted by Gasteiger charge is 2.77. The minimum absolute atomic E-state index is 0.0755. The number of alkyl halides is 1. The van der Waals surface area contributed by atoms with Crippen molar-refractivity contribution in [1.29, 1.82) is 0 Å². The average Bonchev–Trinajstić information content (AvgIpc) is 3.54. The van der Waals surface area contributed by atoms with Crippen molar-refractivity contribution in [2.24, 2.45) is 17.8 Å². The van der Waals surface area contributed by atoms with Gasteiger partial charge in [-0.1, -0.05) is 78.7 Å². The number of nitrogens with zero attached hydrogens (tertiary/aromatic N) is 3. The van der Waals surface area contributed by atoms with E-state index in [4.69, 9.17) is 4.74 Å². The van der Waals surface area contributed by atoms with E-state index in [1.54, 1.807) is 26.9 Å². The van der Waals surface area contributed by atoms with Crippen molar-refractivity contribution in [3.8, 4) is 0 Å². The van der Waals surface area contributed by atoms with Crippen molar-refractivity contribution in [3.63, 3.8) is 0 Å². The molecule has 9 heteroatoms. The second kappa shape index (κ2) is 12.6. The Bertz CT molecular complexity index is 1190. The molecule has 3 fully saturated rings. The lowest BCUT2D eigenvalue weighted by atomic mass is 9.70. The number of carbonyl (C=O) groups excluding carboxylic acids is 3. The maximum atomic E-state index is 14.7. The van der Waals surface area contributed by atoms with Crippen LogP contribution in [0.5, 0.6) is 0 Å². The molecular formula is C33H46BrN3O5. The number of hydrogen-bond acceptors (Lipinski definition) is 5. The van der Waals surface area contributed by atoms with Gasteiger partial charge in [-0.2, -0.15) is 0 Å². The van der Waals surface area contributed by atoms with Gasteiger partial charge in [0, 0.05) is 30.0 Å². The van der Waals surface area contributed by atoms with Gasteiger partial charge in [-0.15, -0.1) is 13.2 Å². The molecule has 3 heterocycles. The topological polar surface area (TPSA) is 90.4 Å². The van der Waals surface area contributed by atoms with E-state index >= 15 is 0 Å². The molecule has 3 saturated heterocycles. The second-order valence-corrected chi connectivity index (χ2v) is 14.1. The predicted octanol–water partition coefficient (Wildman–Crippen LogP) is 4.17. The minimum atomic E-state index is -1.20. The van der Waals surface area contributed by atoms with Crippen LogP contribution >= 0.6 is 15.9 Å². The number of likely N-dealkylation sites (tertiary alicyclic amines) is 1. The van der Waals surface area contributed by atoms with Gasteiger partial charge in [0.25, 0.3) is 0 Å². The number of aliphatic hydroxyl groups is 1. The Hall–Kier alpha value is -2.49. The molecule has 1 N–H and O–H groups in total. The molecule has 3 unspecified atom stereocenters. The molecule has 8 atom stereocenters. The standard InChI is InChI=1S/C33H46BrN3O5/c1-8-16-35(19-22-14-12-11-13-15-22)29(39)25-26-30(40)37(24(20-38)21(4)10-3)28(33(26)18-23(34)27(25)42-33)31(41)36(17-9-2)32(5,6)7/h8-9,11-15,21,23-28,38H,1-2,10,16-20H2,3-7H3/t21-,23?,24-,25+,26-,27+,28?,33?/m0/s1. The maximum Gasteiger partial charge on any atom is 0.249 e. The molecule has 42 heavy (non-hydrogen) atoms. The number of benzene rings is 1. The molecular weight excluding hydrogens is 598 g/mol. The Morgan fingerprint density at radius 1 is 1.19 bits per heavy atom. The van der Waals surface area contributed by atoms with Gasteiger partial charge >= 0.3 is 0 Å². The Morgan fingerprint density at radius 3 is 2.38 bits per heavy atom. The summed E-state index contributed by atoms with van der Waals surface area (Å²) in [5.74, 6) is -2.43. The number of hydrogen-bond donors (Lipinski definition) is 1. The molecule has 8 nitrogen and oxygen atoms in total. The molecule has 0 aromatic heterocycles. The quantitative estimate of drug-likeness (QED) is 0.273. The summed E-state index contributed by atoms with van der Waals surface area (Å²) in [6, 6.07) is 8.14. The largest absolute Gasteiger partial charge is 0.394 e. The summed E-state index contributed by atoms with van der Waals surface area (Å²) < 4.78 is 6.75. The first-order chi connectivity index (χ1) is 19.9. The highest BCUT2D eigenvalue weighted by molar-refractivity contribution is 9.09. The Kier molecular flexibility index (Phi) is 9.75. The lowest BCUT2D eigenvalue weighted by Crippen LogP contribution is -2.62. The number of halogens is 1. The first kappa shape index (κ1) is 32.4. The van der Waals surface area contributed by atoms with Crippen molar-refractivity contribution >= 4 is 33.7 Å². The van der Waals surface area contributed by atoms with Crippen molar-refractivity contribution < 1.29 is 24.2 Å². The second-order valence-electron chi connectivity index (χ2n) is 12.9. The highest BCUT2D eigenvalue weighted by Crippen LogP contribution is 2.61. The normalized spacial score (nSPS) is 29.6. The molecule has 1 spiro atoms. The van der Waals surface area contributed by atoms with E-state index in [1.807, 2.05) is 65.0 Å². The summed E-state index contributed by atoms with van der Waals surface area (Å²) in [5, 5.41) is 10.6. The summed E-state index contributed by atoms with van der Waals surface area (Å²) in [6.45, 7) is 18.3. The molecule has 1 aromatic rings. The predicted molar refractivity (Wildman–Crippen MR) is 167 cm³/mol. The average molecular weight is 645 g/mol. The fourth-order valence-electron chi connectivity index (χ4n) is 7.17. The lowest BCUT2D eigenvalue weighted by Gasteiger charge is -2.44. The molecule has 2 bridgehead atoms. The summed E-state index contributed by atoms with van der Waals surface area (Å²) in [4.78, 5) is 48.5. The van der Waals surface area contributed by atoms with Gasteiger partial charge in [0.2, 0.25) is 17.7 Å². The van der Waals surface area contributed by atoms with Gasteiger partial charge in [0.05, 0.1) is 30.6 Å². The van der Waals surface area contributed by atoms with Gasteiger partial charge < -0.3 is 24.5 Å². The number of ether oxygens (including phenoxy) is 1. The number of fused-ring (bicyclic) bond motifs is 1. The van der Waals surface area contributed by atoms with Crippen LogP contribution in [-0.4, -0.2) is 91.4 Å². The van der Waals surface area contributed by atoms with E-state index in [0.29, 0.717) is 32.5 Å².